The van der Waals surface area contributed by atoms with Gasteiger partial charge in [0.1, 0.15) is 0 Å². The number of amides is 3. The molecule has 0 aromatic heterocycles. The lowest BCUT2D eigenvalue weighted by Crippen LogP contribution is -2.43. The van der Waals surface area contributed by atoms with E-state index in [-0.39, 0.29) is 18.0 Å². The minimum absolute atomic E-state index is 0.0313. The summed E-state index contributed by atoms with van der Waals surface area (Å²) >= 11 is 0. The van der Waals surface area contributed by atoms with Crippen LogP contribution in [0.1, 0.15) is 19.8 Å². The number of hydrogen-bond donors (Lipinski definition) is 3. The number of rotatable bonds is 3. The SMILES string of the molecule is CC1(NC(=O)CNC(N)=O)CC1. The van der Waals surface area contributed by atoms with Crippen LogP contribution < -0.4 is 16.4 Å². The first kappa shape index (κ1) is 8.83. The molecule has 0 saturated heterocycles. The van der Waals surface area contributed by atoms with Crippen molar-refractivity contribution in [2.24, 2.45) is 5.73 Å². The molecule has 4 N–H and O–H groups in total. The Morgan fingerprint density at radius 2 is 2.08 bits per heavy atom. The summed E-state index contributed by atoms with van der Waals surface area (Å²) in [7, 11) is 0. The summed E-state index contributed by atoms with van der Waals surface area (Å²) in [5.74, 6) is -0.186. The third-order valence-corrected chi connectivity index (χ3v) is 1.86. The van der Waals surface area contributed by atoms with Crippen molar-refractivity contribution in [3.05, 3.63) is 0 Å². The van der Waals surface area contributed by atoms with Crippen molar-refractivity contribution in [1.29, 1.82) is 0 Å². The van der Waals surface area contributed by atoms with Crippen LogP contribution in [0.5, 0.6) is 0 Å². The normalized spacial score (nSPS) is 18.1. The van der Waals surface area contributed by atoms with Gasteiger partial charge in [-0.3, -0.25) is 4.79 Å². The summed E-state index contributed by atoms with van der Waals surface area (Å²) in [6, 6.07) is -0.675. The molecule has 1 fully saturated rings. The van der Waals surface area contributed by atoms with Crippen molar-refractivity contribution >= 4 is 11.9 Å². The molecule has 0 aromatic carbocycles. The summed E-state index contributed by atoms with van der Waals surface area (Å²) in [5, 5.41) is 5.00. The van der Waals surface area contributed by atoms with Gasteiger partial charge in [0, 0.05) is 5.54 Å². The Balaban J connectivity index is 2.16. The maximum atomic E-state index is 11.0. The molecule has 5 nitrogen and oxygen atoms in total. The first-order chi connectivity index (χ1) is 5.52. The van der Waals surface area contributed by atoms with Crippen LogP contribution in [0, 0.1) is 0 Å². The molecule has 0 aliphatic heterocycles. The fourth-order valence-corrected chi connectivity index (χ4v) is 0.861. The topological polar surface area (TPSA) is 84.2 Å². The maximum Gasteiger partial charge on any atom is 0.312 e. The van der Waals surface area contributed by atoms with Crippen LogP contribution in [0.2, 0.25) is 0 Å². The second-order valence-electron chi connectivity index (χ2n) is 3.33. The summed E-state index contributed by atoms with van der Waals surface area (Å²) in [6.45, 7) is 1.93. The average molecular weight is 171 g/mol. The van der Waals surface area contributed by atoms with Crippen molar-refractivity contribution in [2.45, 2.75) is 25.3 Å². The van der Waals surface area contributed by atoms with Gasteiger partial charge in [-0.1, -0.05) is 0 Å². The highest BCUT2D eigenvalue weighted by Gasteiger charge is 2.38. The van der Waals surface area contributed by atoms with E-state index >= 15 is 0 Å². The van der Waals surface area contributed by atoms with E-state index < -0.39 is 6.03 Å². The van der Waals surface area contributed by atoms with Crippen molar-refractivity contribution in [1.82, 2.24) is 10.6 Å². The predicted molar refractivity (Wildman–Crippen MR) is 43.4 cm³/mol. The van der Waals surface area contributed by atoms with Gasteiger partial charge in [0.15, 0.2) is 0 Å². The number of nitrogens with one attached hydrogen (secondary N) is 2. The van der Waals surface area contributed by atoms with E-state index in [1.165, 1.54) is 0 Å². The molecule has 68 valence electrons. The molecule has 0 unspecified atom stereocenters. The minimum atomic E-state index is -0.675. The number of carbonyl (C=O) groups is 2. The van der Waals surface area contributed by atoms with E-state index in [9.17, 15) is 9.59 Å². The van der Waals surface area contributed by atoms with E-state index in [0.29, 0.717) is 0 Å². The average Bonchev–Trinajstić information content (AvgIpc) is 2.64. The van der Waals surface area contributed by atoms with Crippen LogP contribution >= 0.6 is 0 Å². The summed E-state index contributed by atoms with van der Waals surface area (Å²) in [6.07, 6.45) is 2.02. The van der Waals surface area contributed by atoms with E-state index in [0.717, 1.165) is 12.8 Å². The number of nitrogens with two attached hydrogens (primary N) is 1. The van der Waals surface area contributed by atoms with Crippen LogP contribution in [-0.2, 0) is 4.79 Å². The lowest BCUT2D eigenvalue weighted by Gasteiger charge is -2.10. The minimum Gasteiger partial charge on any atom is -0.352 e. The van der Waals surface area contributed by atoms with E-state index in [1.807, 2.05) is 6.92 Å². The van der Waals surface area contributed by atoms with E-state index in [2.05, 4.69) is 10.6 Å². The van der Waals surface area contributed by atoms with Crippen molar-refractivity contribution < 1.29 is 9.59 Å². The van der Waals surface area contributed by atoms with Gasteiger partial charge in [-0.05, 0) is 19.8 Å². The van der Waals surface area contributed by atoms with E-state index in [4.69, 9.17) is 5.73 Å². The van der Waals surface area contributed by atoms with Gasteiger partial charge in [-0.15, -0.1) is 0 Å². The monoisotopic (exact) mass is 171 g/mol. The zero-order chi connectivity index (χ0) is 9.19. The Labute approximate surface area is 70.7 Å². The second kappa shape index (κ2) is 3.00. The molecule has 1 aliphatic rings. The summed E-state index contributed by atoms with van der Waals surface area (Å²) < 4.78 is 0. The smallest absolute Gasteiger partial charge is 0.312 e. The molecule has 0 radical (unpaired) electrons. The van der Waals surface area contributed by atoms with Crippen LogP contribution in [0.15, 0.2) is 0 Å². The summed E-state index contributed by atoms with van der Waals surface area (Å²) in [5.41, 5.74) is 4.76. The Kier molecular flexibility index (Phi) is 2.21. The fourth-order valence-electron chi connectivity index (χ4n) is 0.861. The second-order valence-corrected chi connectivity index (χ2v) is 3.33. The highest BCUT2D eigenvalue weighted by atomic mass is 16.2. The highest BCUT2D eigenvalue weighted by molar-refractivity contribution is 5.83. The van der Waals surface area contributed by atoms with Gasteiger partial charge in [-0.2, -0.15) is 0 Å². The van der Waals surface area contributed by atoms with Crippen molar-refractivity contribution in [2.75, 3.05) is 6.54 Å². The quantitative estimate of drug-likeness (QED) is 0.525. The Bertz CT molecular complexity index is 211. The molecule has 1 saturated carbocycles. The number of urea groups is 1. The van der Waals surface area contributed by atoms with Crippen molar-refractivity contribution in [3.63, 3.8) is 0 Å². The van der Waals surface area contributed by atoms with Gasteiger partial charge in [0.2, 0.25) is 5.91 Å². The highest BCUT2D eigenvalue weighted by Crippen LogP contribution is 2.33. The van der Waals surface area contributed by atoms with E-state index in [1.54, 1.807) is 0 Å². The molecule has 1 rings (SSSR count). The Morgan fingerprint density at radius 3 is 2.50 bits per heavy atom. The zero-order valence-corrected chi connectivity index (χ0v) is 7.02. The van der Waals surface area contributed by atoms with Crippen LogP contribution in [-0.4, -0.2) is 24.0 Å². The molecule has 1 aliphatic carbocycles. The number of primary amides is 1. The molecule has 5 heteroatoms. The van der Waals surface area contributed by atoms with Gasteiger partial charge < -0.3 is 16.4 Å². The van der Waals surface area contributed by atoms with Gasteiger partial charge in [-0.25, -0.2) is 4.79 Å². The molecule has 0 atom stereocenters. The molecule has 0 bridgehead atoms. The van der Waals surface area contributed by atoms with Crippen LogP contribution in [0.4, 0.5) is 4.79 Å². The summed E-state index contributed by atoms with van der Waals surface area (Å²) in [4.78, 5) is 21.2. The van der Waals surface area contributed by atoms with Crippen molar-refractivity contribution in [3.8, 4) is 0 Å². The van der Waals surface area contributed by atoms with Gasteiger partial charge in [0.25, 0.3) is 0 Å². The van der Waals surface area contributed by atoms with Gasteiger partial charge >= 0.3 is 6.03 Å². The molecule has 12 heavy (non-hydrogen) atoms. The first-order valence-electron chi connectivity index (χ1n) is 3.86. The maximum absolute atomic E-state index is 11.0. The number of hydrogen-bond acceptors (Lipinski definition) is 2. The molecular weight excluding hydrogens is 158 g/mol. The fraction of sp³-hybridized carbons (Fsp3) is 0.714. The zero-order valence-electron chi connectivity index (χ0n) is 7.02. The Morgan fingerprint density at radius 1 is 1.50 bits per heavy atom. The van der Waals surface area contributed by atoms with Crippen LogP contribution in [0.25, 0.3) is 0 Å². The Hall–Kier alpha value is -1.26. The standard InChI is InChI=1S/C7H13N3O2/c1-7(2-3-7)10-5(11)4-9-6(8)12/h2-4H2,1H3,(H,10,11)(H3,8,9,12). The van der Waals surface area contributed by atoms with Gasteiger partial charge in [0.05, 0.1) is 6.54 Å². The third kappa shape index (κ3) is 2.77. The lowest BCUT2D eigenvalue weighted by atomic mass is 10.3. The molecule has 3 amide bonds. The number of carbonyl (C=O) groups excluding carboxylic acids is 2. The largest absolute Gasteiger partial charge is 0.352 e. The first-order valence-corrected chi connectivity index (χ1v) is 3.86. The molecule has 0 spiro atoms. The predicted octanol–water partition coefficient (Wildman–Crippen LogP) is -0.677. The molecular formula is C7H13N3O2. The molecule has 0 aromatic rings. The molecule has 0 heterocycles. The van der Waals surface area contributed by atoms with Crippen LogP contribution in [0.3, 0.4) is 0 Å². The lowest BCUT2D eigenvalue weighted by molar-refractivity contribution is -0.120. The third-order valence-electron chi connectivity index (χ3n) is 1.86.